The lowest BCUT2D eigenvalue weighted by molar-refractivity contribution is -0.136. The number of hydrogen-bond acceptors (Lipinski definition) is 4. The Labute approximate surface area is 178 Å². The number of methoxy groups -OCH3 is 1. The van der Waals surface area contributed by atoms with Crippen molar-refractivity contribution in [2.45, 2.75) is 13.0 Å². The van der Waals surface area contributed by atoms with Crippen LogP contribution in [0.4, 0.5) is 4.79 Å². The van der Waals surface area contributed by atoms with Gasteiger partial charge in [-0.15, -0.1) is 0 Å². The zero-order valence-electron chi connectivity index (χ0n) is 16.3. The van der Waals surface area contributed by atoms with E-state index < -0.39 is 18.0 Å². The lowest BCUT2D eigenvalue weighted by Gasteiger charge is -2.27. The molecule has 4 rings (SSSR count). The van der Waals surface area contributed by atoms with Gasteiger partial charge in [0, 0.05) is 28.0 Å². The van der Waals surface area contributed by atoms with Crippen LogP contribution in [0, 0.1) is 0 Å². The number of hydrogen-bond donors (Lipinski definition) is 2. The number of urea groups is 1. The number of benzene rings is 2. The van der Waals surface area contributed by atoms with Crippen molar-refractivity contribution in [2.75, 3.05) is 7.11 Å². The molecule has 0 fully saturated rings. The molecule has 2 aromatic carbocycles. The zero-order valence-corrected chi connectivity index (χ0v) is 17.1. The molecule has 1 atom stereocenters. The number of ether oxygens (including phenoxy) is 1. The van der Waals surface area contributed by atoms with E-state index in [2.05, 4.69) is 10.6 Å². The Morgan fingerprint density at radius 3 is 2.50 bits per heavy atom. The molecular weight excluding hydrogens is 404 g/mol. The van der Waals surface area contributed by atoms with E-state index >= 15 is 0 Å². The van der Waals surface area contributed by atoms with Crippen LogP contribution in [-0.2, 0) is 9.53 Å². The maximum absolute atomic E-state index is 12.5. The van der Waals surface area contributed by atoms with E-state index in [1.54, 1.807) is 23.7 Å². The molecule has 3 aromatic rings. The minimum atomic E-state index is -0.727. The molecule has 0 unspecified atom stereocenters. The van der Waals surface area contributed by atoms with Crippen molar-refractivity contribution in [3.63, 3.8) is 0 Å². The standard InChI is InChI=1S/C22H19ClN4O3/c1-13-18(21(28)30-2)20(25-22(29)24-13)17-12-27(16-6-4-3-5-7-16)26-19(17)14-8-10-15(23)11-9-14/h3-12,20H,1-2H3,(H2,24,25,29)/t20-/m1/s1. The second-order valence-corrected chi connectivity index (χ2v) is 7.22. The summed E-state index contributed by atoms with van der Waals surface area (Å²) < 4.78 is 6.69. The van der Waals surface area contributed by atoms with Gasteiger partial charge in [-0.3, -0.25) is 0 Å². The van der Waals surface area contributed by atoms with E-state index in [9.17, 15) is 9.59 Å². The zero-order chi connectivity index (χ0) is 21.3. The third kappa shape index (κ3) is 3.67. The predicted octanol–water partition coefficient (Wildman–Crippen LogP) is 3.99. The fourth-order valence-corrected chi connectivity index (χ4v) is 3.58. The summed E-state index contributed by atoms with van der Waals surface area (Å²) in [6.07, 6.45) is 1.81. The molecule has 0 bridgehead atoms. The number of halogens is 1. The number of allylic oxidation sites excluding steroid dienone is 1. The number of aromatic nitrogens is 2. The van der Waals surface area contributed by atoms with E-state index in [0.29, 0.717) is 27.6 Å². The van der Waals surface area contributed by atoms with Crippen molar-refractivity contribution < 1.29 is 14.3 Å². The van der Waals surface area contributed by atoms with Crippen molar-refractivity contribution in [1.82, 2.24) is 20.4 Å². The Hall–Kier alpha value is -3.58. The second kappa shape index (κ2) is 8.04. The summed E-state index contributed by atoms with van der Waals surface area (Å²) in [6.45, 7) is 1.67. The summed E-state index contributed by atoms with van der Waals surface area (Å²) in [5, 5.41) is 10.8. The number of nitrogens with one attached hydrogen (secondary N) is 2. The number of esters is 1. The van der Waals surface area contributed by atoms with Gasteiger partial charge in [0.15, 0.2) is 0 Å². The van der Waals surface area contributed by atoms with Crippen LogP contribution < -0.4 is 10.6 Å². The number of amides is 2. The highest BCUT2D eigenvalue weighted by molar-refractivity contribution is 6.30. The molecule has 0 spiro atoms. The van der Waals surface area contributed by atoms with Crippen LogP contribution in [0.1, 0.15) is 18.5 Å². The van der Waals surface area contributed by atoms with Crippen molar-refractivity contribution >= 4 is 23.6 Å². The summed E-state index contributed by atoms with van der Waals surface area (Å²) in [5.74, 6) is -0.528. The van der Waals surface area contributed by atoms with E-state index in [1.807, 2.05) is 48.7 Å². The quantitative estimate of drug-likeness (QED) is 0.622. The molecule has 2 heterocycles. The third-order valence-corrected chi connectivity index (χ3v) is 5.12. The van der Waals surface area contributed by atoms with Gasteiger partial charge in [0.25, 0.3) is 0 Å². The fraction of sp³-hybridized carbons (Fsp3) is 0.136. The summed E-state index contributed by atoms with van der Waals surface area (Å²) in [4.78, 5) is 24.8. The average Bonchev–Trinajstić information content (AvgIpc) is 3.19. The molecule has 1 aliphatic heterocycles. The molecule has 2 N–H and O–H groups in total. The lowest BCUT2D eigenvalue weighted by atomic mass is 9.94. The van der Waals surface area contributed by atoms with Gasteiger partial charge >= 0.3 is 12.0 Å². The van der Waals surface area contributed by atoms with Gasteiger partial charge in [0.05, 0.1) is 30.1 Å². The molecule has 0 aliphatic carbocycles. The lowest BCUT2D eigenvalue weighted by Crippen LogP contribution is -2.45. The van der Waals surface area contributed by atoms with E-state index in [0.717, 1.165) is 11.3 Å². The topological polar surface area (TPSA) is 85.2 Å². The van der Waals surface area contributed by atoms with Crippen molar-refractivity contribution in [1.29, 1.82) is 0 Å². The molecule has 0 saturated heterocycles. The molecule has 1 aliphatic rings. The predicted molar refractivity (Wildman–Crippen MR) is 113 cm³/mol. The maximum Gasteiger partial charge on any atom is 0.337 e. The van der Waals surface area contributed by atoms with Crippen LogP contribution in [-0.4, -0.2) is 28.9 Å². The molecule has 1 aromatic heterocycles. The average molecular weight is 423 g/mol. The molecule has 0 saturated carbocycles. The highest BCUT2D eigenvalue weighted by Crippen LogP contribution is 2.35. The van der Waals surface area contributed by atoms with Crippen LogP contribution in [0.25, 0.3) is 16.9 Å². The smallest absolute Gasteiger partial charge is 0.337 e. The summed E-state index contributed by atoms with van der Waals surface area (Å²) in [6, 6.07) is 15.7. The van der Waals surface area contributed by atoms with Gasteiger partial charge in [-0.1, -0.05) is 41.9 Å². The Morgan fingerprint density at radius 1 is 1.13 bits per heavy atom. The Morgan fingerprint density at radius 2 is 1.83 bits per heavy atom. The fourth-order valence-electron chi connectivity index (χ4n) is 3.45. The molecule has 8 heteroatoms. The minimum Gasteiger partial charge on any atom is -0.466 e. The summed E-state index contributed by atoms with van der Waals surface area (Å²) in [7, 11) is 1.31. The third-order valence-electron chi connectivity index (χ3n) is 4.87. The molecule has 30 heavy (non-hydrogen) atoms. The largest absolute Gasteiger partial charge is 0.466 e. The first-order valence-corrected chi connectivity index (χ1v) is 9.63. The van der Waals surface area contributed by atoms with Gasteiger partial charge in [0.2, 0.25) is 0 Å². The van der Waals surface area contributed by atoms with Crippen LogP contribution in [0.2, 0.25) is 5.02 Å². The van der Waals surface area contributed by atoms with Crippen LogP contribution in [0.15, 0.2) is 72.1 Å². The SMILES string of the molecule is COC(=O)C1=C(C)NC(=O)N[C@@H]1c1cn(-c2ccccc2)nc1-c1ccc(Cl)cc1. The number of nitrogens with zero attached hydrogens (tertiary/aromatic N) is 2. The Kier molecular flexibility index (Phi) is 5.29. The maximum atomic E-state index is 12.5. The highest BCUT2D eigenvalue weighted by atomic mass is 35.5. The summed E-state index contributed by atoms with van der Waals surface area (Å²) >= 11 is 6.05. The van der Waals surface area contributed by atoms with Crippen molar-refractivity contribution in [3.05, 3.63) is 82.7 Å². The first-order valence-electron chi connectivity index (χ1n) is 9.25. The highest BCUT2D eigenvalue weighted by Gasteiger charge is 2.35. The van der Waals surface area contributed by atoms with Gasteiger partial charge in [-0.05, 0) is 31.2 Å². The van der Waals surface area contributed by atoms with Crippen LogP contribution >= 0.6 is 11.6 Å². The second-order valence-electron chi connectivity index (χ2n) is 6.78. The van der Waals surface area contributed by atoms with Gasteiger partial charge in [-0.2, -0.15) is 5.10 Å². The normalized spacial score (nSPS) is 16.1. The Balaban J connectivity index is 1.92. The number of carbonyl (C=O) groups excluding carboxylic acids is 2. The summed E-state index contributed by atoms with van der Waals surface area (Å²) in [5.41, 5.74) is 3.69. The van der Waals surface area contributed by atoms with Crippen LogP contribution in [0.3, 0.4) is 0 Å². The van der Waals surface area contributed by atoms with E-state index in [4.69, 9.17) is 21.4 Å². The van der Waals surface area contributed by atoms with Crippen molar-refractivity contribution in [3.8, 4) is 16.9 Å². The number of carbonyl (C=O) groups is 2. The first-order chi connectivity index (χ1) is 14.5. The molecule has 2 amide bonds. The monoisotopic (exact) mass is 422 g/mol. The van der Waals surface area contributed by atoms with E-state index in [1.165, 1.54) is 7.11 Å². The van der Waals surface area contributed by atoms with Gasteiger partial charge < -0.3 is 15.4 Å². The molecule has 7 nitrogen and oxygen atoms in total. The van der Waals surface area contributed by atoms with Crippen LogP contribution in [0.5, 0.6) is 0 Å². The molecule has 0 radical (unpaired) electrons. The number of rotatable bonds is 4. The van der Waals surface area contributed by atoms with E-state index in [-0.39, 0.29) is 0 Å². The minimum absolute atomic E-state index is 0.319. The van der Waals surface area contributed by atoms with Crippen molar-refractivity contribution in [2.24, 2.45) is 0 Å². The van der Waals surface area contributed by atoms with Gasteiger partial charge in [0.1, 0.15) is 0 Å². The first kappa shape index (κ1) is 19.7. The molecule has 152 valence electrons. The number of para-hydroxylation sites is 1. The molecular formula is C22H19ClN4O3. The Bertz CT molecular complexity index is 1140. The van der Waals surface area contributed by atoms with Gasteiger partial charge in [-0.25, -0.2) is 14.3 Å².